The minimum Gasteiger partial charge on any atom is -0.396 e. The number of halogens is 3. The van der Waals surface area contributed by atoms with Crippen molar-refractivity contribution in [1.29, 1.82) is 5.26 Å². The van der Waals surface area contributed by atoms with E-state index in [9.17, 15) is 18.4 Å². The molecule has 1 aromatic heterocycles. The zero-order valence-corrected chi connectivity index (χ0v) is 17.5. The number of benzene rings is 1. The highest BCUT2D eigenvalue weighted by atomic mass is 32.2. The Kier molecular flexibility index (Phi) is 5.59. The van der Waals surface area contributed by atoms with E-state index in [0.717, 1.165) is 39.9 Å². The van der Waals surface area contributed by atoms with Gasteiger partial charge in [0.25, 0.3) is 0 Å². The van der Waals surface area contributed by atoms with Gasteiger partial charge in [-0.25, -0.2) is 0 Å². The number of thioether (sulfide) groups is 2. The normalized spacial score (nSPS) is 17.0. The number of nitrogens with zero attached hydrogens (tertiary/aromatic N) is 4. The molecule has 0 amide bonds. The first kappa shape index (κ1) is 21.5. The second kappa shape index (κ2) is 8.07. The monoisotopic (exact) mass is 463 g/mol. The van der Waals surface area contributed by atoms with Crippen LogP contribution in [0.5, 0.6) is 0 Å². The number of aromatic nitrogens is 2. The Morgan fingerprint density at radius 3 is 2.74 bits per heavy atom. The molecule has 2 heterocycles. The summed E-state index contributed by atoms with van der Waals surface area (Å²) in [6, 6.07) is 6.93. The summed E-state index contributed by atoms with van der Waals surface area (Å²) in [5.74, 6) is 5.58. The molecule has 1 saturated carbocycles. The highest BCUT2D eigenvalue weighted by molar-refractivity contribution is 8.38. The van der Waals surface area contributed by atoms with E-state index in [1.165, 1.54) is 35.8 Å². The average Bonchev–Trinajstić information content (AvgIpc) is 3.51. The van der Waals surface area contributed by atoms with Crippen molar-refractivity contribution in [2.75, 3.05) is 0 Å². The number of alkyl halides is 3. The molecule has 12 heteroatoms. The van der Waals surface area contributed by atoms with Crippen LogP contribution in [0.3, 0.4) is 0 Å². The van der Waals surface area contributed by atoms with Crippen molar-refractivity contribution in [2.45, 2.75) is 35.3 Å². The average molecular weight is 464 g/mol. The largest absolute Gasteiger partial charge is 0.416 e. The van der Waals surface area contributed by atoms with Crippen LogP contribution >= 0.6 is 23.5 Å². The summed E-state index contributed by atoms with van der Waals surface area (Å²) in [6.07, 6.45) is -1.34. The predicted molar refractivity (Wildman–Crippen MR) is 113 cm³/mol. The van der Waals surface area contributed by atoms with Crippen LogP contribution < -0.4 is 17.0 Å². The molecule has 1 spiro atoms. The minimum absolute atomic E-state index is 0.00507. The summed E-state index contributed by atoms with van der Waals surface area (Å²) in [6.45, 7) is 0. The van der Waals surface area contributed by atoms with Crippen molar-refractivity contribution in [2.24, 2.45) is 16.6 Å². The van der Waals surface area contributed by atoms with Gasteiger partial charge in [0.1, 0.15) is 15.1 Å². The van der Waals surface area contributed by atoms with Gasteiger partial charge in [0.05, 0.1) is 28.4 Å². The fourth-order valence-electron chi connectivity index (χ4n) is 3.12. The van der Waals surface area contributed by atoms with Crippen LogP contribution in [0, 0.1) is 11.3 Å². The molecule has 0 radical (unpaired) electrons. The molecule has 2 aromatic rings. The molecule has 0 unspecified atom stereocenters. The molecular weight excluding hydrogens is 447 g/mol. The van der Waals surface area contributed by atoms with E-state index in [1.54, 1.807) is 0 Å². The van der Waals surface area contributed by atoms with Gasteiger partial charge < -0.3 is 11.2 Å². The van der Waals surface area contributed by atoms with Gasteiger partial charge in [-0.05, 0) is 48.4 Å². The smallest absolute Gasteiger partial charge is 0.396 e. The lowest BCUT2D eigenvalue weighted by atomic mass is 10.1. The number of nitriles is 1. The first-order valence-electron chi connectivity index (χ1n) is 9.07. The Labute approximate surface area is 184 Å². The summed E-state index contributed by atoms with van der Waals surface area (Å²) in [4.78, 5) is 4.85. The Morgan fingerprint density at radius 2 is 2.10 bits per heavy atom. The zero-order chi connectivity index (χ0) is 22.2. The molecule has 1 aliphatic carbocycles. The molecule has 31 heavy (non-hydrogen) atoms. The Balaban J connectivity index is 1.54. The fourth-order valence-corrected chi connectivity index (χ4v) is 5.36. The summed E-state index contributed by atoms with van der Waals surface area (Å²) >= 11 is 2.72. The van der Waals surface area contributed by atoms with Crippen molar-refractivity contribution >= 4 is 33.6 Å². The van der Waals surface area contributed by atoms with E-state index < -0.39 is 11.7 Å². The number of hydrogen-bond donors (Lipinski definition) is 3. The molecular formula is C19H16F3N7S2. The van der Waals surface area contributed by atoms with Gasteiger partial charge in [-0.15, -0.1) is 10.2 Å². The molecule has 1 aliphatic heterocycles. The van der Waals surface area contributed by atoms with Gasteiger partial charge in [0, 0.05) is 17.5 Å². The second-order valence-corrected chi connectivity index (χ2v) is 9.20. The van der Waals surface area contributed by atoms with Gasteiger partial charge in [-0.2, -0.15) is 18.4 Å². The maximum absolute atomic E-state index is 12.9. The number of rotatable bonds is 4. The summed E-state index contributed by atoms with van der Waals surface area (Å²) in [7, 11) is 0. The van der Waals surface area contributed by atoms with Crippen LogP contribution in [0.15, 0.2) is 40.5 Å². The topological polar surface area (TPSA) is 126 Å². The molecule has 2 aliphatic rings. The quantitative estimate of drug-likeness (QED) is 0.465. The summed E-state index contributed by atoms with van der Waals surface area (Å²) in [5, 5.41) is 18.4. The lowest BCUT2D eigenvalue weighted by Crippen LogP contribution is -2.18. The van der Waals surface area contributed by atoms with Crippen molar-refractivity contribution in [3.8, 4) is 6.07 Å². The van der Waals surface area contributed by atoms with E-state index in [1.807, 2.05) is 12.1 Å². The minimum atomic E-state index is -4.49. The number of hydrogen-bond acceptors (Lipinski definition) is 9. The number of nitrogens with two attached hydrogens (primary N) is 2. The van der Waals surface area contributed by atoms with Crippen molar-refractivity contribution < 1.29 is 13.2 Å². The zero-order valence-electron chi connectivity index (χ0n) is 15.9. The maximum atomic E-state index is 12.9. The SMILES string of the molecule is N#Cc1cc(C(F)(F)F)ccc1CSC1=NC2(CC2)c2cc(/C(N)=C/NN)nnc2S1. The van der Waals surface area contributed by atoms with E-state index in [-0.39, 0.29) is 11.1 Å². The molecule has 0 atom stereocenters. The van der Waals surface area contributed by atoms with Crippen LogP contribution in [0.25, 0.3) is 5.70 Å². The highest BCUT2D eigenvalue weighted by Crippen LogP contribution is 2.56. The number of aliphatic imine (C=N–C) groups is 1. The van der Waals surface area contributed by atoms with Crippen molar-refractivity contribution in [3.05, 3.63) is 58.4 Å². The Morgan fingerprint density at radius 1 is 1.32 bits per heavy atom. The van der Waals surface area contributed by atoms with E-state index in [2.05, 4.69) is 15.6 Å². The van der Waals surface area contributed by atoms with Gasteiger partial charge in [0.15, 0.2) is 0 Å². The lowest BCUT2D eigenvalue weighted by Gasteiger charge is -2.22. The van der Waals surface area contributed by atoms with E-state index in [4.69, 9.17) is 16.6 Å². The third-order valence-corrected chi connectivity index (χ3v) is 7.08. The van der Waals surface area contributed by atoms with Gasteiger partial charge >= 0.3 is 6.18 Å². The second-order valence-electron chi connectivity index (χ2n) is 7.00. The maximum Gasteiger partial charge on any atom is 0.416 e. The van der Waals surface area contributed by atoms with E-state index in [0.29, 0.717) is 22.7 Å². The fraction of sp³-hybridized carbons (Fsp3) is 0.263. The molecule has 0 saturated heterocycles. The Hall–Kier alpha value is -2.75. The van der Waals surface area contributed by atoms with Gasteiger partial charge in [-0.1, -0.05) is 17.8 Å². The third kappa shape index (κ3) is 4.34. The summed E-state index contributed by atoms with van der Waals surface area (Å²) < 4.78 is 39.4. The predicted octanol–water partition coefficient (Wildman–Crippen LogP) is 3.47. The molecule has 1 fully saturated rings. The molecule has 4 rings (SSSR count). The molecule has 7 nitrogen and oxygen atoms in total. The first-order valence-corrected chi connectivity index (χ1v) is 10.9. The molecule has 5 N–H and O–H groups in total. The molecule has 160 valence electrons. The van der Waals surface area contributed by atoms with Crippen LogP contribution in [-0.2, 0) is 17.5 Å². The first-order chi connectivity index (χ1) is 14.8. The van der Waals surface area contributed by atoms with Crippen LogP contribution in [0.4, 0.5) is 13.2 Å². The van der Waals surface area contributed by atoms with Crippen molar-refractivity contribution in [1.82, 2.24) is 15.6 Å². The van der Waals surface area contributed by atoms with Crippen LogP contribution in [0.2, 0.25) is 0 Å². The third-order valence-electron chi connectivity index (χ3n) is 4.92. The number of fused-ring (bicyclic) bond motifs is 2. The van der Waals surface area contributed by atoms with E-state index >= 15 is 0 Å². The van der Waals surface area contributed by atoms with Crippen molar-refractivity contribution in [3.63, 3.8) is 0 Å². The van der Waals surface area contributed by atoms with Gasteiger partial charge in [-0.3, -0.25) is 10.8 Å². The number of nitrogens with one attached hydrogen (secondary N) is 1. The van der Waals surface area contributed by atoms with Gasteiger partial charge in [0.2, 0.25) is 0 Å². The van der Waals surface area contributed by atoms with Crippen LogP contribution in [0.1, 0.15) is 40.8 Å². The molecule has 1 aromatic carbocycles. The molecule has 0 bridgehead atoms. The standard InChI is InChI=1S/C19H16F3N7S2/c20-19(21,22)12-2-1-10(11(5-12)7-23)9-30-17-27-18(3-4-18)13-6-15(14(24)8-26-25)28-29-16(13)31-17/h1-2,5-6,8,26H,3-4,9,24-25H2/b14-8-. The lowest BCUT2D eigenvalue weighted by molar-refractivity contribution is -0.137. The number of hydrazine groups is 1. The van der Waals surface area contributed by atoms with Crippen LogP contribution in [-0.4, -0.2) is 14.6 Å². The Bertz CT molecular complexity index is 1130. The highest BCUT2D eigenvalue weighted by Gasteiger charge is 2.49. The summed E-state index contributed by atoms with van der Waals surface area (Å²) in [5.41, 5.74) is 9.41.